The summed E-state index contributed by atoms with van der Waals surface area (Å²) in [5.74, 6) is 1.40. The lowest BCUT2D eigenvalue weighted by Crippen LogP contribution is -2.26. The summed E-state index contributed by atoms with van der Waals surface area (Å²) in [4.78, 5) is 0. The topological polar surface area (TPSA) is 56.7 Å². The van der Waals surface area contributed by atoms with Gasteiger partial charge in [0.05, 0.1) is 16.6 Å². The number of hydrogen-bond acceptors (Lipinski definition) is 3. The van der Waals surface area contributed by atoms with Gasteiger partial charge in [0.2, 0.25) is 0 Å². The summed E-state index contributed by atoms with van der Waals surface area (Å²) < 4.78 is 1.99. The van der Waals surface area contributed by atoms with Gasteiger partial charge in [0, 0.05) is 11.1 Å². The van der Waals surface area contributed by atoms with Gasteiger partial charge in [-0.2, -0.15) is 0 Å². The van der Waals surface area contributed by atoms with Crippen molar-refractivity contribution in [3.63, 3.8) is 0 Å². The number of nitrogens with two attached hydrogens (primary N) is 1. The normalized spacial score (nSPS) is 11.9. The van der Waals surface area contributed by atoms with Crippen LogP contribution in [0.4, 0.5) is 0 Å². The van der Waals surface area contributed by atoms with Gasteiger partial charge < -0.3 is 10.3 Å². The van der Waals surface area contributed by atoms with Crippen LogP contribution in [0.5, 0.6) is 0 Å². The molecule has 0 aliphatic carbocycles. The molecule has 102 valence electrons. The van der Waals surface area contributed by atoms with Gasteiger partial charge in [-0.1, -0.05) is 29.3 Å². The Hall–Kier alpha value is -1.10. The highest BCUT2D eigenvalue weighted by molar-refractivity contribution is 6.43. The first-order valence-corrected chi connectivity index (χ1v) is 6.71. The molecule has 0 bridgehead atoms. The Labute approximate surface area is 122 Å². The first-order chi connectivity index (χ1) is 8.86. The Kier molecular flexibility index (Phi) is 3.85. The van der Waals surface area contributed by atoms with Gasteiger partial charge in [0.25, 0.3) is 0 Å². The summed E-state index contributed by atoms with van der Waals surface area (Å²) in [5, 5.41) is 9.32. The SMILES string of the molecule is CC(C)(C)n1c(CN)nnc1-c1cccc(Cl)c1Cl. The summed E-state index contributed by atoms with van der Waals surface area (Å²) in [5.41, 5.74) is 6.29. The van der Waals surface area contributed by atoms with Gasteiger partial charge in [-0.05, 0) is 32.9 Å². The maximum atomic E-state index is 6.26. The lowest BCUT2D eigenvalue weighted by molar-refractivity contribution is 0.386. The molecule has 6 heteroatoms. The second-order valence-corrected chi connectivity index (χ2v) is 6.04. The van der Waals surface area contributed by atoms with E-state index < -0.39 is 0 Å². The Bertz CT molecular complexity index is 599. The molecule has 19 heavy (non-hydrogen) atoms. The van der Waals surface area contributed by atoms with Crippen molar-refractivity contribution in [1.29, 1.82) is 0 Å². The summed E-state index contributed by atoms with van der Waals surface area (Å²) in [6.07, 6.45) is 0. The van der Waals surface area contributed by atoms with Gasteiger partial charge in [-0.15, -0.1) is 10.2 Å². The maximum absolute atomic E-state index is 6.26. The van der Waals surface area contributed by atoms with Crippen LogP contribution in [0.3, 0.4) is 0 Å². The second-order valence-electron chi connectivity index (χ2n) is 5.25. The van der Waals surface area contributed by atoms with E-state index in [9.17, 15) is 0 Å². The predicted molar refractivity (Wildman–Crippen MR) is 78.4 cm³/mol. The molecule has 4 nitrogen and oxygen atoms in total. The molecule has 1 aromatic heterocycles. The van der Waals surface area contributed by atoms with E-state index in [2.05, 4.69) is 31.0 Å². The molecule has 0 aliphatic rings. The fraction of sp³-hybridized carbons (Fsp3) is 0.385. The number of halogens is 2. The minimum absolute atomic E-state index is 0.195. The van der Waals surface area contributed by atoms with Crippen molar-refractivity contribution in [2.45, 2.75) is 32.9 Å². The second kappa shape index (κ2) is 5.12. The van der Waals surface area contributed by atoms with E-state index in [4.69, 9.17) is 28.9 Å². The van der Waals surface area contributed by atoms with Crippen molar-refractivity contribution < 1.29 is 0 Å². The molecular formula is C13H16Cl2N4. The lowest BCUT2D eigenvalue weighted by Gasteiger charge is -2.25. The highest BCUT2D eigenvalue weighted by atomic mass is 35.5. The van der Waals surface area contributed by atoms with Crippen LogP contribution in [-0.4, -0.2) is 14.8 Å². The summed E-state index contributed by atoms with van der Waals surface area (Å²) in [6.45, 7) is 6.52. The molecule has 0 radical (unpaired) electrons. The Morgan fingerprint density at radius 2 is 1.89 bits per heavy atom. The van der Waals surface area contributed by atoms with E-state index in [1.807, 2.05) is 16.7 Å². The average Bonchev–Trinajstić information content (AvgIpc) is 2.76. The zero-order valence-corrected chi connectivity index (χ0v) is 12.6. The molecule has 2 N–H and O–H groups in total. The average molecular weight is 299 g/mol. The number of nitrogens with zero attached hydrogens (tertiary/aromatic N) is 3. The van der Waals surface area contributed by atoms with E-state index in [0.29, 0.717) is 22.4 Å². The largest absolute Gasteiger partial charge is 0.324 e. The van der Waals surface area contributed by atoms with Crippen molar-refractivity contribution in [3.8, 4) is 11.4 Å². The van der Waals surface area contributed by atoms with Crippen LogP contribution in [-0.2, 0) is 12.1 Å². The molecule has 0 saturated carbocycles. The van der Waals surface area contributed by atoms with Gasteiger partial charge in [-0.25, -0.2) is 0 Å². The number of rotatable bonds is 2. The van der Waals surface area contributed by atoms with Crippen LogP contribution in [0.2, 0.25) is 10.0 Å². The minimum Gasteiger partial charge on any atom is -0.324 e. The first-order valence-electron chi connectivity index (χ1n) is 5.95. The van der Waals surface area contributed by atoms with E-state index in [1.165, 1.54) is 0 Å². The summed E-state index contributed by atoms with van der Waals surface area (Å²) >= 11 is 12.3. The molecule has 2 aromatic rings. The van der Waals surface area contributed by atoms with Gasteiger partial charge >= 0.3 is 0 Å². The van der Waals surface area contributed by atoms with E-state index in [-0.39, 0.29) is 5.54 Å². The Morgan fingerprint density at radius 1 is 1.21 bits per heavy atom. The third-order valence-electron chi connectivity index (χ3n) is 2.78. The third-order valence-corrected chi connectivity index (χ3v) is 3.59. The first kappa shape index (κ1) is 14.3. The predicted octanol–water partition coefficient (Wildman–Crippen LogP) is 3.47. The third kappa shape index (κ3) is 2.61. The minimum atomic E-state index is -0.195. The maximum Gasteiger partial charge on any atom is 0.166 e. The molecule has 0 atom stereocenters. The molecule has 0 unspecified atom stereocenters. The quantitative estimate of drug-likeness (QED) is 0.923. The highest BCUT2D eigenvalue weighted by Crippen LogP contribution is 2.34. The van der Waals surface area contributed by atoms with Crippen molar-refractivity contribution in [1.82, 2.24) is 14.8 Å². The molecule has 0 spiro atoms. The zero-order chi connectivity index (χ0) is 14.2. The monoisotopic (exact) mass is 298 g/mol. The van der Waals surface area contributed by atoms with E-state index >= 15 is 0 Å². The number of hydrogen-bond donors (Lipinski definition) is 1. The summed E-state index contributed by atoms with van der Waals surface area (Å²) in [6, 6.07) is 5.46. The van der Waals surface area contributed by atoms with Crippen molar-refractivity contribution in [2.75, 3.05) is 0 Å². The van der Waals surface area contributed by atoms with Crippen molar-refractivity contribution >= 4 is 23.2 Å². The zero-order valence-electron chi connectivity index (χ0n) is 11.1. The van der Waals surface area contributed by atoms with Crippen molar-refractivity contribution in [3.05, 3.63) is 34.1 Å². The fourth-order valence-electron chi connectivity index (χ4n) is 2.00. The van der Waals surface area contributed by atoms with Gasteiger partial charge in [-0.3, -0.25) is 0 Å². The summed E-state index contributed by atoms with van der Waals surface area (Å²) in [7, 11) is 0. The van der Waals surface area contributed by atoms with E-state index in [1.54, 1.807) is 6.07 Å². The standard InChI is InChI=1S/C13H16Cl2N4/c1-13(2,3)19-10(7-16)17-18-12(19)8-5-4-6-9(14)11(8)15/h4-6H,7,16H2,1-3H3. The lowest BCUT2D eigenvalue weighted by atomic mass is 10.1. The van der Waals surface area contributed by atoms with Crippen molar-refractivity contribution in [2.24, 2.45) is 5.73 Å². The Balaban J connectivity index is 2.70. The van der Waals surface area contributed by atoms with Gasteiger partial charge in [0.1, 0.15) is 5.82 Å². The smallest absolute Gasteiger partial charge is 0.166 e. The molecule has 0 aliphatic heterocycles. The van der Waals surface area contributed by atoms with Crippen LogP contribution >= 0.6 is 23.2 Å². The van der Waals surface area contributed by atoms with Crippen LogP contribution in [0, 0.1) is 0 Å². The highest BCUT2D eigenvalue weighted by Gasteiger charge is 2.24. The van der Waals surface area contributed by atoms with Crippen LogP contribution in [0.15, 0.2) is 18.2 Å². The molecule has 0 fully saturated rings. The molecule has 1 aromatic carbocycles. The molecule has 0 saturated heterocycles. The fourth-order valence-corrected chi connectivity index (χ4v) is 2.39. The number of aromatic nitrogens is 3. The van der Waals surface area contributed by atoms with E-state index in [0.717, 1.165) is 11.4 Å². The van der Waals surface area contributed by atoms with Crippen LogP contribution in [0.25, 0.3) is 11.4 Å². The van der Waals surface area contributed by atoms with Crippen LogP contribution < -0.4 is 5.73 Å². The molecule has 1 heterocycles. The molecular weight excluding hydrogens is 283 g/mol. The van der Waals surface area contributed by atoms with Crippen LogP contribution in [0.1, 0.15) is 26.6 Å². The molecule has 2 rings (SSSR count). The Morgan fingerprint density at radius 3 is 2.47 bits per heavy atom. The number of benzene rings is 1. The van der Waals surface area contributed by atoms with Gasteiger partial charge in [0.15, 0.2) is 5.82 Å². The molecule has 0 amide bonds.